The van der Waals surface area contributed by atoms with Crippen molar-refractivity contribution in [3.63, 3.8) is 0 Å². The standard InChI is InChI=1S/C12H17N5S/c1-2-18-9-4-3-8(5-9)17-12-10-11(14-6-13-10)15-7-16-12/h6-9H,2-5H2,1H3,(H2,13,14,15,16,17). The molecule has 2 aromatic heterocycles. The summed E-state index contributed by atoms with van der Waals surface area (Å²) in [5.74, 6) is 2.08. The lowest BCUT2D eigenvalue weighted by molar-refractivity contribution is 0.752. The van der Waals surface area contributed by atoms with E-state index >= 15 is 0 Å². The smallest absolute Gasteiger partial charge is 0.182 e. The summed E-state index contributed by atoms with van der Waals surface area (Å²) < 4.78 is 0. The van der Waals surface area contributed by atoms with Gasteiger partial charge in [-0.1, -0.05) is 6.92 Å². The lowest BCUT2D eigenvalue weighted by Gasteiger charge is -2.13. The number of nitrogens with zero attached hydrogens (tertiary/aromatic N) is 3. The predicted octanol–water partition coefficient (Wildman–Crippen LogP) is 2.44. The van der Waals surface area contributed by atoms with Crippen molar-refractivity contribution in [2.45, 2.75) is 37.5 Å². The summed E-state index contributed by atoms with van der Waals surface area (Å²) in [6.07, 6.45) is 6.97. The van der Waals surface area contributed by atoms with E-state index in [9.17, 15) is 0 Å². The fraction of sp³-hybridized carbons (Fsp3) is 0.583. The number of H-pyrrole nitrogens is 1. The average molecular weight is 263 g/mol. The summed E-state index contributed by atoms with van der Waals surface area (Å²) >= 11 is 2.07. The fourth-order valence-corrected chi connectivity index (χ4v) is 3.67. The van der Waals surface area contributed by atoms with Gasteiger partial charge in [-0.25, -0.2) is 15.0 Å². The zero-order chi connectivity index (χ0) is 12.4. The molecule has 0 bridgehead atoms. The minimum absolute atomic E-state index is 0.524. The van der Waals surface area contributed by atoms with E-state index in [4.69, 9.17) is 0 Å². The quantitative estimate of drug-likeness (QED) is 0.887. The van der Waals surface area contributed by atoms with Crippen LogP contribution in [0.25, 0.3) is 11.2 Å². The van der Waals surface area contributed by atoms with Crippen molar-refractivity contribution in [3.8, 4) is 0 Å². The molecule has 2 unspecified atom stereocenters. The Labute approximate surface area is 110 Å². The van der Waals surface area contributed by atoms with Crippen LogP contribution in [-0.4, -0.2) is 37.0 Å². The number of imidazole rings is 1. The maximum absolute atomic E-state index is 4.31. The van der Waals surface area contributed by atoms with Crippen molar-refractivity contribution >= 4 is 28.7 Å². The van der Waals surface area contributed by atoms with Gasteiger partial charge in [0.15, 0.2) is 11.5 Å². The molecule has 1 aliphatic rings. The molecular formula is C12H17N5S. The van der Waals surface area contributed by atoms with Crippen LogP contribution in [-0.2, 0) is 0 Å². The third-order valence-electron chi connectivity index (χ3n) is 3.35. The zero-order valence-corrected chi connectivity index (χ0v) is 11.2. The van der Waals surface area contributed by atoms with Gasteiger partial charge < -0.3 is 10.3 Å². The highest BCUT2D eigenvalue weighted by atomic mass is 32.2. The molecule has 2 N–H and O–H groups in total. The van der Waals surface area contributed by atoms with Crippen molar-refractivity contribution in [1.29, 1.82) is 0 Å². The second-order valence-corrected chi connectivity index (χ2v) is 6.13. The van der Waals surface area contributed by atoms with Gasteiger partial charge in [0.25, 0.3) is 0 Å². The van der Waals surface area contributed by atoms with Crippen molar-refractivity contribution in [2.24, 2.45) is 0 Å². The van der Waals surface area contributed by atoms with Gasteiger partial charge >= 0.3 is 0 Å². The van der Waals surface area contributed by atoms with Gasteiger partial charge in [0.1, 0.15) is 11.8 Å². The van der Waals surface area contributed by atoms with E-state index in [1.165, 1.54) is 25.0 Å². The van der Waals surface area contributed by atoms with Crippen LogP contribution in [0.1, 0.15) is 26.2 Å². The summed E-state index contributed by atoms with van der Waals surface area (Å²) in [5.41, 5.74) is 1.63. The minimum Gasteiger partial charge on any atom is -0.365 e. The molecule has 3 rings (SSSR count). The monoisotopic (exact) mass is 263 g/mol. The first-order valence-electron chi connectivity index (χ1n) is 6.39. The van der Waals surface area contributed by atoms with E-state index < -0.39 is 0 Å². The van der Waals surface area contributed by atoms with Crippen molar-refractivity contribution < 1.29 is 0 Å². The summed E-state index contributed by atoms with van der Waals surface area (Å²) in [4.78, 5) is 15.7. The fourth-order valence-electron chi connectivity index (χ4n) is 2.53. The Hall–Kier alpha value is -1.30. The Morgan fingerprint density at radius 1 is 1.39 bits per heavy atom. The summed E-state index contributed by atoms with van der Waals surface area (Å²) in [7, 11) is 0. The molecule has 0 saturated heterocycles. The van der Waals surface area contributed by atoms with Gasteiger partial charge in [-0.3, -0.25) is 0 Å². The molecule has 6 heteroatoms. The van der Waals surface area contributed by atoms with E-state index in [0.29, 0.717) is 6.04 Å². The topological polar surface area (TPSA) is 66.5 Å². The van der Waals surface area contributed by atoms with Gasteiger partial charge in [-0.15, -0.1) is 0 Å². The lowest BCUT2D eigenvalue weighted by atomic mass is 10.2. The largest absolute Gasteiger partial charge is 0.365 e. The molecule has 18 heavy (non-hydrogen) atoms. The Kier molecular flexibility index (Phi) is 3.36. The maximum Gasteiger partial charge on any atom is 0.182 e. The first-order valence-corrected chi connectivity index (χ1v) is 7.44. The number of hydrogen-bond acceptors (Lipinski definition) is 5. The summed E-state index contributed by atoms with van der Waals surface area (Å²) in [5, 5.41) is 4.32. The van der Waals surface area contributed by atoms with E-state index in [1.807, 2.05) is 0 Å². The van der Waals surface area contributed by atoms with Crippen LogP contribution in [0.2, 0.25) is 0 Å². The highest BCUT2D eigenvalue weighted by molar-refractivity contribution is 7.99. The third-order valence-corrected chi connectivity index (χ3v) is 4.58. The molecule has 2 atom stereocenters. The molecule has 5 nitrogen and oxygen atoms in total. The number of hydrogen-bond donors (Lipinski definition) is 2. The molecule has 1 fully saturated rings. The van der Waals surface area contributed by atoms with Gasteiger partial charge in [0.05, 0.1) is 6.33 Å². The predicted molar refractivity (Wildman–Crippen MR) is 74.9 cm³/mol. The Morgan fingerprint density at radius 2 is 2.33 bits per heavy atom. The molecule has 96 valence electrons. The second kappa shape index (κ2) is 5.14. The van der Waals surface area contributed by atoms with Crippen LogP contribution >= 0.6 is 11.8 Å². The number of nitrogens with one attached hydrogen (secondary N) is 2. The normalized spacial score (nSPS) is 23.6. The van der Waals surface area contributed by atoms with Crippen LogP contribution in [0.3, 0.4) is 0 Å². The van der Waals surface area contributed by atoms with E-state index in [1.54, 1.807) is 12.7 Å². The highest BCUT2D eigenvalue weighted by Gasteiger charge is 2.25. The van der Waals surface area contributed by atoms with Crippen molar-refractivity contribution in [3.05, 3.63) is 12.7 Å². The molecule has 2 aromatic rings. The number of rotatable bonds is 4. The summed E-state index contributed by atoms with van der Waals surface area (Å²) in [6, 6.07) is 0.524. The molecule has 0 aromatic carbocycles. The van der Waals surface area contributed by atoms with Crippen LogP contribution in [0.15, 0.2) is 12.7 Å². The van der Waals surface area contributed by atoms with Crippen molar-refractivity contribution in [1.82, 2.24) is 19.9 Å². The first kappa shape index (κ1) is 11.8. The highest BCUT2D eigenvalue weighted by Crippen LogP contribution is 2.31. The van der Waals surface area contributed by atoms with Crippen LogP contribution in [0.4, 0.5) is 5.82 Å². The van der Waals surface area contributed by atoms with Crippen LogP contribution in [0.5, 0.6) is 0 Å². The molecule has 0 radical (unpaired) electrons. The SMILES string of the molecule is CCSC1CCC(Nc2ncnc3nc[nH]c23)C1. The first-order chi connectivity index (χ1) is 8.86. The number of thioether (sulfide) groups is 1. The number of aromatic nitrogens is 4. The van der Waals surface area contributed by atoms with E-state index in [0.717, 1.165) is 22.2 Å². The molecule has 0 spiro atoms. The van der Waals surface area contributed by atoms with Gasteiger partial charge in [0, 0.05) is 11.3 Å². The van der Waals surface area contributed by atoms with E-state index in [-0.39, 0.29) is 0 Å². The van der Waals surface area contributed by atoms with Crippen LogP contribution < -0.4 is 5.32 Å². The van der Waals surface area contributed by atoms with E-state index in [2.05, 4.69) is 43.9 Å². The average Bonchev–Trinajstić information content (AvgIpc) is 2.99. The molecule has 0 aliphatic heterocycles. The van der Waals surface area contributed by atoms with Gasteiger partial charge in [0.2, 0.25) is 0 Å². The molecule has 0 amide bonds. The number of fused-ring (bicyclic) bond motifs is 1. The molecule has 1 saturated carbocycles. The lowest BCUT2D eigenvalue weighted by Crippen LogP contribution is -2.17. The molecule has 1 aliphatic carbocycles. The Balaban J connectivity index is 1.71. The number of anilines is 1. The second-order valence-electron chi connectivity index (χ2n) is 4.56. The molecule has 2 heterocycles. The number of aromatic amines is 1. The van der Waals surface area contributed by atoms with Gasteiger partial charge in [-0.2, -0.15) is 11.8 Å². The van der Waals surface area contributed by atoms with Crippen molar-refractivity contribution in [2.75, 3.05) is 11.1 Å². The Bertz CT molecular complexity index is 526. The molecular weight excluding hydrogens is 246 g/mol. The van der Waals surface area contributed by atoms with Crippen LogP contribution in [0, 0.1) is 0 Å². The summed E-state index contributed by atoms with van der Waals surface area (Å²) in [6.45, 7) is 2.23. The minimum atomic E-state index is 0.524. The Morgan fingerprint density at radius 3 is 3.22 bits per heavy atom. The maximum atomic E-state index is 4.31. The van der Waals surface area contributed by atoms with Gasteiger partial charge in [-0.05, 0) is 25.0 Å². The third kappa shape index (κ3) is 2.29. The zero-order valence-electron chi connectivity index (χ0n) is 10.4.